The Morgan fingerprint density at radius 2 is 1.84 bits per heavy atom. The van der Waals surface area contributed by atoms with Crippen molar-refractivity contribution in [3.05, 3.63) is 56.0 Å². The summed E-state index contributed by atoms with van der Waals surface area (Å²) in [5, 5.41) is 20.1. The van der Waals surface area contributed by atoms with Gasteiger partial charge in [0.2, 0.25) is 0 Å². The number of likely N-dealkylation sites (N-methyl/N-ethyl adjacent to an activating group) is 1. The molecule has 3 rings (SSSR count). The zero-order valence-corrected chi connectivity index (χ0v) is 14.2. The molecule has 1 saturated heterocycles. The number of hydrogen-bond donors (Lipinski definition) is 1. The lowest BCUT2D eigenvalue weighted by molar-refractivity contribution is -0.384. The fourth-order valence-electron chi connectivity index (χ4n) is 2.67. The molecule has 1 N–H and O–H groups in total. The van der Waals surface area contributed by atoms with Gasteiger partial charge in [0.05, 0.1) is 22.4 Å². The number of non-ortho nitro benzene ring substituents is 1. The number of nitrogens with one attached hydrogen (secondary N) is 1. The zero-order valence-electron chi connectivity index (χ0n) is 14.2. The van der Waals surface area contributed by atoms with E-state index in [1.807, 2.05) is 5.01 Å². The SMILES string of the molecule is Cc1[nH]n(-c2ccc([N+](=O)[O-])cc2)c(=O)c1/C=N/N1CCN(C)CC1. The molecular weight excluding hydrogens is 324 g/mol. The summed E-state index contributed by atoms with van der Waals surface area (Å²) in [5.41, 5.74) is 1.47. The lowest BCUT2D eigenvalue weighted by Crippen LogP contribution is -2.41. The van der Waals surface area contributed by atoms with Gasteiger partial charge in [0, 0.05) is 44.0 Å². The van der Waals surface area contributed by atoms with Crippen LogP contribution in [0.15, 0.2) is 34.2 Å². The van der Waals surface area contributed by atoms with Crippen molar-refractivity contribution in [3.63, 3.8) is 0 Å². The van der Waals surface area contributed by atoms with Crippen LogP contribution in [-0.4, -0.2) is 64.1 Å². The first-order valence-electron chi connectivity index (χ1n) is 7.99. The molecule has 9 nitrogen and oxygen atoms in total. The summed E-state index contributed by atoms with van der Waals surface area (Å²) in [6, 6.07) is 5.82. The first-order chi connectivity index (χ1) is 12.0. The molecule has 2 aromatic rings. The molecule has 0 aliphatic carbocycles. The van der Waals surface area contributed by atoms with Crippen LogP contribution in [0.2, 0.25) is 0 Å². The first-order valence-corrected chi connectivity index (χ1v) is 7.99. The van der Waals surface area contributed by atoms with E-state index < -0.39 is 4.92 Å². The first kappa shape index (κ1) is 16.9. The highest BCUT2D eigenvalue weighted by Gasteiger charge is 2.14. The summed E-state index contributed by atoms with van der Waals surface area (Å²) < 4.78 is 1.37. The molecule has 25 heavy (non-hydrogen) atoms. The van der Waals surface area contributed by atoms with Gasteiger partial charge in [0.1, 0.15) is 0 Å². The molecule has 1 aromatic carbocycles. The number of aromatic nitrogens is 2. The second kappa shape index (κ2) is 6.89. The van der Waals surface area contributed by atoms with Crippen molar-refractivity contribution in [2.45, 2.75) is 6.92 Å². The molecule has 1 aliphatic heterocycles. The standard InChI is InChI=1S/C16H20N6O3/c1-12-15(11-17-20-9-7-19(2)8-10-20)16(23)21(18-12)13-3-5-14(6-4-13)22(24)25/h3-6,11,18H,7-10H2,1-2H3/b17-11+. The van der Waals surface area contributed by atoms with Crippen LogP contribution in [0.25, 0.3) is 5.69 Å². The number of hydrazone groups is 1. The van der Waals surface area contributed by atoms with Crippen molar-refractivity contribution < 1.29 is 4.92 Å². The maximum absolute atomic E-state index is 12.6. The van der Waals surface area contributed by atoms with Gasteiger partial charge in [-0.3, -0.25) is 25.0 Å². The van der Waals surface area contributed by atoms with Crippen LogP contribution in [0, 0.1) is 17.0 Å². The number of rotatable bonds is 4. The zero-order chi connectivity index (χ0) is 18.0. The Labute approximate surface area is 144 Å². The lowest BCUT2D eigenvalue weighted by Gasteiger charge is -2.30. The normalized spacial score (nSPS) is 15.8. The van der Waals surface area contributed by atoms with E-state index in [9.17, 15) is 14.9 Å². The number of benzene rings is 1. The van der Waals surface area contributed by atoms with E-state index in [-0.39, 0.29) is 11.2 Å². The highest BCUT2D eigenvalue weighted by molar-refractivity contribution is 5.80. The van der Waals surface area contributed by atoms with E-state index in [1.54, 1.807) is 13.1 Å². The molecule has 0 spiro atoms. The van der Waals surface area contributed by atoms with Gasteiger partial charge in [-0.1, -0.05) is 0 Å². The van der Waals surface area contributed by atoms with Crippen LogP contribution >= 0.6 is 0 Å². The Morgan fingerprint density at radius 1 is 1.20 bits per heavy atom. The summed E-state index contributed by atoms with van der Waals surface area (Å²) in [6.07, 6.45) is 1.58. The number of H-pyrrole nitrogens is 1. The van der Waals surface area contributed by atoms with Crippen molar-refractivity contribution in [1.29, 1.82) is 0 Å². The third kappa shape index (κ3) is 3.61. The summed E-state index contributed by atoms with van der Waals surface area (Å²) in [6.45, 7) is 5.33. The van der Waals surface area contributed by atoms with Gasteiger partial charge >= 0.3 is 0 Å². The summed E-state index contributed by atoms with van der Waals surface area (Å²) in [5.74, 6) is 0. The van der Waals surface area contributed by atoms with Gasteiger partial charge in [0.25, 0.3) is 11.2 Å². The van der Waals surface area contributed by atoms with Crippen molar-refractivity contribution in [2.75, 3.05) is 33.2 Å². The predicted octanol–water partition coefficient (Wildman–Crippen LogP) is 0.964. The Balaban J connectivity index is 1.83. The number of nitro benzene ring substituents is 1. The van der Waals surface area contributed by atoms with Crippen molar-refractivity contribution in [1.82, 2.24) is 19.7 Å². The molecule has 1 aromatic heterocycles. The minimum Gasteiger partial charge on any atom is -0.303 e. The number of aryl methyl sites for hydroxylation is 1. The van der Waals surface area contributed by atoms with Crippen LogP contribution in [0.1, 0.15) is 11.3 Å². The van der Waals surface area contributed by atoms with E-state index >= 15 is 0 Å². The van der Waals surface area contributed by atoms with Crippen LogP contribution in [0.4, 0.5) is 5.69 Å². The molecule has 2 heterocycles. The molecule has 0 amide bonds. The van der Waals surface area contributed by atoms with Crippen LogP contribution in [-0.2, 0) is 0 Å². The quantitative estimate of drug-likeness (QED) is 0.506. The van der Waals surface area contributed by atoms with Crippen LogP contribution in [0.5, 0.6) is 0 Å². The van der Waals surface area contributed by atoms with E-state index in [0.717, 1.165) is 26.2 Å². The third-order valence-electron chi connectivity index (χ3n) is 4.27. The maximum atomic E-state index is 12.6. The predicted molar refractivity (Wildman–Crippen MR) is 94.4 cm³/mol. The molecule has 0 radical (unpaired) electrons. The molecule has 132 valence electrons. The number of piperazine rings is 1. The number of hydrogen-bond acceptors (Lipinski definition) is 6. The maximum Gasteiger partial charge on any atom is 0.280 e. The number of nitrogens with zero attached hydrogens (tertiary/aromatic N) is 5. The van der Waals surface area contributed by atoms with Crippen LogP contribution in [0.3, 0.4) is 0 Å². The van der Waals surface area contributed by atoms with E-state index in [1.165, 1.54) is 28.9 Å². The Kier molecular flexibility index (Phi) is 4.66. The monoisotopic (exact) mass is 344 g/mol. The summed E-state index contributed by atoms with van der Waals surface area (Å²) in [4.78, 5) is 25.1. The van der Waals surface area contributed by atoms with Gasteiger partial charge in [-0.25, -0.2) is 4.68 Å². The summed E-state index contributed by atoms with van der Waals surface area (Å²) in [7, 11) is 2.07. The third-order valence-corrected chi connectivity index (χ3v) is 4.27. The van der Waals surface area contributed by atoms with E-state index in [0.29, 0.717) is 16.9 Å². The Hall–Kier alpha value is -2.94. The molecule has 0 unspecified atom stereocenters. The number of aromatic amines is 1. The minimum atomic E-state index is -0.472. The average Bonchev–Trinajstić information content (AvgIpc) is 2.89. The van der Waals surface area contributed by atoms with Crippen LogP contribution < -0.4 is 5.56 Å². The molecule has 0 bridgehead atoms. The van der Waals surface area contributed by atoms with Gasteiger partial charge < -0.3 is 4.90 Å². The van der Waals surface area contributed by atoms with Gasteiger partial charge in [0.15, 0.2) is 0 Å². The molecule has 1 aliphatic rings. The van der Waals surface area contributed by atoms with Crippen molar-refractivity contribution in [3.8, 4) is 5.69 Å². The highest BCUT2D eigenvalue weighted by Crippen LogP contribution is 2.14. The van der Waals surface area contributed by atoms with Crippen molar-refractivity contribution in [2.24, 2.45) is 5.10 Å². The molecular formula is C16H20N6O3. The fourth-order valence-corrected chi connectivity index (χ4v) is 2.67. The second-order valence-corrected chi connectivity index (χ2v) is 6.07. The Morgan fingerprint density at radius 3 is 2.44 bits per heavy atom. The lowest BCUT2D eigenvalue weighted by atomic mass is 10.2. The fraction of sp³-hybridized carbons (Fsp3) is 0.375. The van der Waals surface area contributed by atoms with Crippen molar-refractivity contribution >= 4 is 11.9 Å². The molecule has 9 heteroatoms. The minimum absolute atomic E-state index is 0.0167. The molecule has 1 fully saturated rings. The second-order valence-electron chi connectivity index (χ2n) is 6.07. The Bertz CT molecular complexity index is 844. The van der Waals surface area contributed by atoms with E-state index in [2.05, 4.69) is 22.1 Å². The topological polar surface area (TPSA) is 99.8 Å². The largest absolute Gasteiger partial charge is 0.303 e. The summed E-state index contributed by atoms with van der Waals surface area (Å²) >= 11 is 0. The smallest absolute Gasteiger partial charge is 0.280 e. The highest BCUT2D eigenvalue weighted by atomic mass is 16.6. The van der Waals surface area contributed by atoms with Gasteiger partial charge in [-0.15, -0.1) is 0 Å². The van der Waals surface area contributed by atoms with Gasteiger partial charge in [-0.2, -0.15) is 5.10 Å². The molecule has 0 atom stereocenters. The molecule has 0 saturated carbocycles. The van der Waals surface area contributed by atoms with E-state index in [4.69, 9.17) is 0 Å². The number of nitro groups is 1. The van der Waals surface area contributed by atoms with Gasteiger partial charge in [-0.05, 0) is 26.1 Å². The average molecular weight is 344 g/mol.